The number of hydrogen-bond acceptors (Lipinski definition) is 4. The molecule has 1 aromatic carbocycles. The number of carbonyl (C=O) groups is 2. The van der Waals surface area contributed by atoms with E-state index >= 15 is 0 Å². The van der Waals surface area contributed by atoms with E-state index in [0.29, 0.717) is 5.75 Å². The first-order chi connectivity index (χ1) is 10.1. The molecular formula is C15H16N2O3S. The number of rotatable bonds is 6. The Morgan fingerprint density at radius 1 is 1.29 bits per heavy atom. The van der Waals surface area contributed by atoms with Gasteiger partial charge >= 0.3 is 0 Å². The van der Waals surface area contributed by atoms with E-state index in [4.69, 9.17) is 10.5 Å². The lowest BCUT2D eigenvalue weighted by Crippen LogP contribution is -2.31. The Balaban J connectivity index is 1.91. The van der Waals surface area contributed by atoms with Crippen molar-refractivity contribution in [2.24, 2.45) is 5.73 Å². The van der Waals surface area contributed by atoms with Gasteiger partial charge in [0.15, 0.2) is 6.61 Å². The third kappa shape index (κ3) is 4.06. The van der Waals surface area contributed by atoms with Gasteiger partial charge in [-0.05, 0) is 30.5 Å². The number of nitrogens with two attached hydrogens (primary N) is 1. The van der Waals surface area contributed by atoms with Crippen molar-refractivity contribution >= 4 is 23.2 Å². The van der Waals surface area contributed by atoms with Gasteiger partial charge in [0, 0.05) is 4.88 Å². The molecule has 5 nitrogen and oxygen atoms in total. The Bertz CT molecular complexity index is 626. The molecule has 6 heteroatoms. The number of nitrogens with one attached hydrogen (secondary N) is 1. The normalized spacial score (nSPS) is 11.7. The molecule has 0 aliphatic rings. The highest BCUT2D eigenvalue weighted by molar-refractivity contribution is 7.10. The van der Waals surface area contributed by atoms with Crippen LogP contribution in [-0.2, 0) is 4.79 Å². The summed E-state index contributed by atoms with van der Waals surface area (Å²) in [5.41, 5.74) is 5.51. The number of carbonyl (C=O) groups excluding carboxylic acids is 2. The van der Waals surface area contributed by atoms with Crippen LogP contribution < -0.4 is 15.8 Å². The predicted molar refractivity (Wildman–Crippen MR) is 81.3 cm³/mol. The van der Waals surface area contributed by atoms with Crippen molar-refractivity contribution in [2.75, 3.05) is 6.61 Å². The second-order valence-corrected chi connectivity index (χ2v) is 5.43. The summed E-state index contributed by atoms with van der Waals surface area (Å²) in [5.74, 6) is -0.530. The topological polar surface area (TPSA) is 81.4 Å². The highest BCUT2D eigenvalue weighted by Gasteiger charge is 2.13. The monoisotopic (exact) mass is 304 g/mol. The second kappa shape index (κ2) is 6.90. The van der Waals surface area contributed by atoms with Gasteiger partial charge in [0.2, 0.25) is 0 Å². The van der Waals surface area contributed by atoms with Crippen LogP contribution in [0.25, 0.3) is 0 Å². The smallest absolute Gasteiger partial charge is 0.258 e. The van der Waals surface area contributed by atoms with Crippen LogP contribution >= 0.6 is 11.3 Å². The predicted octanol–water partition coefficient (Wildman–Crippen LogP) is 2.10. The fourth-order valence-electron chi connectivity index (χ4n) is 1.83. The maximum Gasteiger partial charge on any atom is 0.258 e. The zero-order valence-corrected chi connectivity index (χ0v) is 12.4. The molecule has 0 aliphatic carbocycles. The van der Waals surface area contributed by atoms with Crippen molar-refractivity contribution in [2.45, 2.75) is 13.0 Å². The SMILES string of the molecule is CC(NC(=O)COc1ccccc1C(N)=O)c1cccs1. The number of para-hydroxylation sites is 1. The summed E-state index contributed by atoms with van der Waals surface area (Å²) in [5, 5.41) is 4.79. The third-order valence-electron chi connectivity index (χ3n) is 2.86. The van der Waals surface area contributed by atoms with E-state index in [2.05, 4.69) is 5.32 Å². The van der Waals surface area contributed by atoms with Crippen molar-refractivity contribution in [3.8, 4) is 5.75 Å². The van der Waals surface area contributed by atoms with Crippen molar-refractivity contribution in [3.63, 3.8) is 0 Å². The summed E-state index contributed by atoms with van der Waals surface area (Å²) in [4.78, 5) is 24.2. The van der Waals surface area contributed by atoms with Crippen molar-refractivity contribution in [3.05, 3.63) is 52.2 Å². The lowest BCUT2D eigenvalue weighted by Gasteiger charge is -2.13. The first-order valence-corrected chi connectivity index (χ1v) is 7.30. The Labute approximate surface area is 126 Å². The largest absolute Gasteiger partial charge is 0.483 e. The second-order valence-electron chi connectivity index (χ2n) is 4.45. The van der Waals surface area contributed by atoms with Gasteiger partial charge in [-0.25, -0.2) is 0 Å². The van der Waals surface area contributed by atoms with Gasteiger partial charge in [-0.1, -0.05) is 18.2 Å². The number of hydrogen-bond donors (Lipinski definition) is 2. The van der Waals surface area contributed by atoms with Crippen LogP contribution in [0, 0.1) is 0 Å². The van der Waals surface area contributed by atoms with Crippen LogP contribution in [0.5, 0.6) is 5.75 Å². The maximum atomic E-state index is 11.9. The van der Waals surface area contributed by atoms with Gasteiger partial charge in [0.25, 0.3) is 11.8 Å². The molecule has 1 unspecified atom stereocenters. The number of primary amides is 1. The van der Waals surface area contributed by atoms with E-state index in [0.717, 1.165) is 4.88 Å². The molecule has 2 amide bonds. The van der Waals surface area contributed by atoms with Crippen molar-refractivity contribution in [1.82, 2.24) is 5.32 Å². The Morgan fingerprint density at radius 2 is 2.05 bits per heavy atom. The molecule has 2 rings (SSSR count). The average molecular weight is 304 g/mol. The van der Waals surface area contributed by atoms with Crippen molar-refractivity contribution in [1.29, 1.82) is 0 Å². The minimum atomic E-state index is -0.585. The Kier molecular flexibility index (Phi) is 4.94. The Hall–Kier alpha value is -2.34. The van der Waals surface area contributed by atoms with E-state index in [-0.39, 0.29) is 24.1 Å². The molecule has 1 aromatic heterocycles. The molecule has 1 atom stereocenters. The number of benzene rings is 1. The molecule has 0 fully saturated rings. The number of amides is 2. The van der Waals surface area contributed by atoms with Gasteiger partial charge in [-0.2, -0.15) is 0 Å². The highest BCUT2D eigenvalue weighted by atomic mass is 32.1. The minimum absolute atomic E-state index is 0.0764. The fraction of sp³-hybridized carbons (Fsp3) is 0.200. The summed E-state index contributed by atoms with van der Waals surface area (Å²) in [6, 6.07) is 10.4. The van der Waals surface area contributed by atoms with Crippen LogP contribution in [0.3, 0.4) is 0 Å². The van der Waals surface area contributed by atoms with Crippen LogP contribution in [-0.4, -0.2) is 18.4 Å². The standard InChI is InChI=1S/C15H16N2O3S/c1-10(13-7-4-8-21-13)17-14(18)9-20-12-6-3-2-5-11(12)15(16)19/h2-8,10H,9H2,1H3,(H2,16,19)(H,17,18). The van der Waals surface area contributed by atoms with Crippen LogP contribution in [0.1, 0.15) is 28.2 Å². The molecule has 2 aromatic rings. The van der Waals surface area contributed by atoms with Gasteiger partial charge < -0.3 is 15.8 Å². The lowest BCUT2D eigenvalue weighted by molar-refractivity contribution is -0.123. The summed E-state index contributed by atoms with van der Waals surface area (Å²) >= 11 is 1.58. The molecule has 0 spiro atoms. The lowest BCUT2D eigenvalue weighted by atomic mass is 10.2. The van der Waals surface area contributed by atoms with E-state index in [1.54, 1.807) is 35.6 Å². The van der Waals surface area contributed by atoms with E-state index < -0.39 is 5.91 Å². The first kappa shape index (κ1) is 15.1. The molecule has 1 heterocycles. The zero-order chi connectivity index (χ0) is 15.2. The van der Waals surface area contributed by atoms with E-state index in [9.17, 15) is 9.59 Å². The summed E-state index contributed by atoms with van der Waals surface area (Å²) in [7, 11) is 0. The molecule has 110 valence electrons. The molecule has 0 saturated heterocycles. The summed E-state index contributed by atoms with van der Waals surface area (Å²) < 4.78 is 5.37. The third-order valence-corrected chi connectivity index (χ3v) is 3.91. The average Bonchev–Trinajstić information content (AvgIpc) is 2.99. The molecule has 0 bridgehead atoms. The number of ether oxygens (including phenoxy) is 1. The van der Waals surface area contributed by atoms with E-state index in [1.165, 1.54) is 0 Å². The van der Waals surface area contributed by atoms with Gasteiger partial charge in [-0.15, -0.1) is 11.3 Å². The zero-order valence-electron chi connectivity index (χ0n) is 11.5. The van der Waals surface area contributed by atoms with E-state index in [1.807, 2.05) is 24.4 Å². The molecular weight excluding hydrogens is 288 g/mol. The van der Waals surface area contributed by atoms with Crippen molar-refractivity contribution < 1.29 is 14.3 Å². The first-order valence-electron chi connectivity index (χ1n) is 6.42. The molecule has 3 N–H and O–H groups in total. The Morgan fingerprint density at radius 3 is 2.71 bits per heavy atom. The molecule has 21 heavy (non-hydrogen) atoms. The van der Waals surface area contributed by atoms with Crippen LogP contribution in [0.15, 0.2) is 41.8 Å². The molecule has 0 saturated carbocycles. The fourth-order valence-corrected chi connectivity index (χ4v) is 2.57. The quantitative estimate of drug-likeness (QED) is 0.857. The molecule has 0 radical (unpaired) electrons. The van der Waals surface area contributed by atoms with Gasteiger partial charge in [0.1, 0.15) is 5.75 Å². The van der Waals surface area contributed by atoms with Crippen LogP contribution in [0.2, 0.25) is 0 Å². The summed E-state index contributed by atoms with van der Waals surface area (Å²) in [6.07, 6.45) is 0. The van der Waals surface area contributed by atoms with Crippen LogP contribution in [0.4, 0.5) is 0 Å². The minimum Gasteiger partial charge on any atom is -0.483 e. The van der Waals surface area contributed by atoms with Gasteiger partial charge in [-0.3, -0.25) is 9.59 Å². The van der Waals surface area contributed by atoms with Gasteiger partial charge in [0.05, 0.1) is 11.6 Å². The number of thiophene rings is 1. The summed E-state index contributed by atoms with van der Waals surface area (Å²) in [6.45, 7) is 1.74. The molecule has 0 aliphatic heterocycles. The highest BCUT2D eigenvalue weighted by Crippen LogP contribution is 2.19. The maximum absolute atomic E-state index is 11.9.